The van der Waals surface area contributed by atoms with Crippen molar-refractivity contribution in [1.29, 1.82) is 0 Å². The second kappa shape index (κ2) is 7.58. The number of halogens is 1. The number of benzene rings is 1. The van der Waals surface area contributed by atoms with Crippen LogP contribution in [0, 0.1) is 5.82 Å². The molecule has 0 saturated heterocycles. The lowest BCUT2D eigenvalue weighted by Crippen LogP contribution is -2.45. The van der Waals surface area contributed by atoms with Crippen LogP contribution < -0.4 is 5.73 Å². The molecule has 0 aliphatic rings. The minimum absolute atomic E-state index is 0.00208. The van der Waals surface area contributed by atoms with Gasteiger partial charge in [-0.25, -0.2) is 4.39 Å². The maximum absolute atomic E-state index is 13.1. The van der Waals surface area contributed by atoms with Gasteiger partial charge in [0.2, 0.25) is 0 Å². The molecule has 108 valence electrons. The molecule has 3 N–H and O–H groups in total. The van der Waals surface area contributed by atoms with Crippen LogP contribution in [0.15, 0.2) is 24.3 Å². The summed E-state index contributed by atoms with van der Waals surface area (Å²) in [7, 11) is 0. The van der Waals surface area contributed by atoms with Crippen LogP contribution in [0.3, 0.4) is 0 Å². The normalized spacial score (nSPS) is 14.9. The third-order valence-electron chi connectivity index (χ3n) is 3.47. The summed E-state index contributed by atoms with van der Waals surface area (Å²) in [6.07, 6.45) is 0.830. The van der Waals surface area contributed by atoms with Crippen molar-refractivity contribution in [2.24, 2.45) is 5.73 Å². The number of hydrogen-bond acceptors (Lipinski definition) is 3. The molecule has 2 atom stereocenters. The van der Waals surface area contributed by atoms with Crippen LogP contribution in [-0.2, 0) is 0 Å². The first-order valence-corrected chi connectivity index (χ1v) is 6.88. The van der Waals surface area contributed by atoms with Crippen molar-refractivity contribution >= 4 is 0 Å². The van der Waals surface area contributed by atoms with E-state index < -0.39 is 0 Å². The van der Waals surface area contributed by atoms with Crippen molar-refractivity contribution in [3.05, 3.63) is 35.6 Å². The third kappa shape index (κ3) is 4.27. The van der Waals surface area contributed by atoms with Crippen LogP contribution in [0.2, 0.25) is 0 Å². The van der Waals surface area contributed by atoms with Gasteiger partial charge in [-0.2, -0.15) is 0 Å². The lowest BCUT2D eigenvalue weighted by atomic mass is 9.95. The quantitative estimate of drug-likeness (QED) is 0.798. The Morgan fingerprint density at radius 3 is 2.26 bits per heavy atom. The van der Waals surface area contributed by atoms with E-state index in [1.165, 1.54) is 12.1 Å². The maximum atomic E-state index is 13.1. The number of hydrogen-bond donors (Lipinski definition) is 2. The predicted molar refractivity (Wildman–Crippen MR) is 76.3 cm³/mol. The zero-order valence-electron chi connectivity index (χ0n) is 12.0. The Bertz CT molecular complexity index is 367. The molecule has 3 nitrogen and oxygen atoms in total. The molecule has 0 aromatic heterocycles. The van der Waals surface area contributed by atoms with E-state index in [-0.39, 0.29) is 30.5 Å². The largest absolute Gasteiger partial charge is 0.395 e. The van der Waals surface area contributed by atoms with E-state index in [9.17, 15) is 9.50 Å². The smallest absolute Gasteiger partial charge is 0.123 e. The van der Waals surface area contributed by atoms with E-state index in [1.807, 2.05) is 6.92 Å². The van der Waals surface area contributed by atoms with Gasteiger partial charge < -0.3 is 10.8 Å². The molecule has 0 heterocycles. The SMILES string of the molecule is CCC(N)C(c1ccc(F)cc1)N(CCO)C(C)C. The van der Waals surface area contributed by atoms with Gasteiger partial charge in [0.25, 0.3) is 0 Å². The molecule has 1 aromatic carbocycles. The Morgan fingerprint density at radius 1 is 1.26 bits per heavy atom. The highest BCUT2D eigenvalue weighted by Crippen LogP contribution is 2.27. The Labute approximate surface area is 115 Å². The van der Waals surface area contributed by atoms with Crippen molar-refractivity contribution in [2.45, 2.75) is 45.3 Å². The van der Waals surface area contributed by atoms with E-state index in [0.717, 1.165) is 12.0 Å². The fraction of sp³-hybridized carbons (Fsp3) is 0.600. The van der Waals surface area contributed by atoms with Crippen LogP contribution in [0.5, 0.6) is 0 Å². The van der Waals surface area contributed by atoms with Gasteiger partial charge >= 0.3 is 0 Å². The number of rotatable bonds is 7. The molecule has 0 bridgehead atoms. The van der Waals surface area contributed by atoms with Gasteiger partial charge in [-0.3, -0.25) is 4.90 Å². The van der Waals surface area contributed by atoms with Crippen LogP contribution in [0.1, 0.15) is 38.8 Å². The zero-order valence-corrected chi connectivity index (χ0v) is 12.0. The molecule has 0 amide bonds. The average molecular weight is 268 g/mol. The summed E-state index contributed by atoms with van der Waals surface area (Å²) in [5.74, 6) is -0.245. The lowest BCUT2D eigenvalue weighted by Gasteiger charge is -2.38. The molecule has 4 heteroatoms. The summed E-state index contributed by atoms with van der Waals surface area (Å²) in [6, 6.07) is 6.70. The van der Waals surface area contributed by atoms with Crippen molar-refractivity contribution < 1.29 is 9.50 Å². The molecule has 0 spiro atoms. The molecule has 2 unspecified atom stereocenters. The predicted octanol–water partition coefficient (Wildman–Crippen LogP) is 2.31. The molecule has 0 fully saturated rings. The summed E-state index contributed by atoms with van der Waals surface area (Å²) in [4.78, 5) is 2.17. The topological polar surface area (TPSA) is 49.5 Å². The second-order valence-electron chi connectivity index (χ2n) is 5.12. The third-order valence-corrected chi connectivity index (χ3v) is 3.47. The summed E-state index contributed by atoms with van der Waals surface area (Å²) in [5, 5.41) is 9.24. The fourth-order valence-electron chi connectivity index (χ4n) is 2.40. The Kier molecular flexibility index (Phi) is 6.42. The average Bonchev–Trinajstić information content (AvgIpc) is 2.39. The zero-order chi connectivity index (χ0) is 14.4. The van der Waals surface area contributed by atoms with Gasteiger partial charge in [-0.1, -0.05) is 19.1 Å². The highest BCUT2D eigenvalue weighted by molar-refractivity contribution is 5.22. The molecule has 1 rings (SSSR count). The summed E-state index contributed by atoms with van der Waals surface area (Å²) >= 11 is 0. The van der Waals surface area contributed by atoms with Gasteiger partial charge in [0.15, 0.2) is 0 Å². The number of nitrogens with zero attached hydrogens (tertiary/aromatic N) is 1. The van der Waals surface area contributed by atoms with E-state index in [0.29, 0.717) is 6.54 Å². The summed E-state index contributed by atoms with van der Waals surface area (Å²) in [6.45, 7) is 6.85. The maximum Gasteiger partial charge on any atom is 0.123 e. The molecular weight excluding hydrogens is 243 g/mol. The van der Waals surface area contributed by atoms with Gasteiger partial charge in [0.1, 0.15) is 5.82 Å². The van der Waals surface area contributed by atoms with E-state index >= 15 is 0 Å². The molecule has 19 heavy (non-hydrogen) atoms. The van der Waals surface area contributed by atoms with Crippen molar-refractivity contribution in [3.63, 3.8) is 0 Å². The first kappa shape index (κ1) is 16.1. The standard InChI is InChI=1S/C15H25FN2O/c1-4-14(17)15(18(9-10-19)11(2)3)12-5-7-13(16)8-6-12/h5-8,11,14-15,19H,4,9-10,17H2,1-3H3. The highest BCUT2D eigenvalue weighted by atomic mass is 19.1. The number of nitrogens with two attached hydrogens (primary N) is 1. The van der Waals surface area contributed by atoms with Gasteiger partial charge in [0.05, 0.1) is 12.6 Å². The van der Waals surface area contributed by atoms with Crippen LogP contribution in [-0.4, -0.2) is 35.2 Å². The van der Waals surface area contributed by atoms with Crippen LogP contribution in [0.25, 0.3) is 0 Å². The molecule has 0 aliphatic heterocycles. The minimum Gasteiger partial charge on any atom is -0.395 e. The van der Waals surface area contributed by atoms with Gasteiger partial charge in [-0.05, 0) is 38.0 Å². The van der Waals surface area contributed by atoms with Gasteiger partial charge in [-0.15, -0.1) is 0 Å². The van der Waals surface area contributed by atoms with E-state index in [2.05, 4.69) is 18.7 Å². The van der Waals surface area contributed by atoms with E-state index in [1.54, 1.807) is 12.1 Å². The van der Waals surface area contributed by atoms with Crippen LogP contribution >= 0.6 is 0 Å². The summed E-state index contributed by atoms with van der Waals surface area (Å²) in [5.41, 5.74) is 7.24. The second-order valence-corrected chi connectivity index (χ2v) is 5.12. The summed E-state index contributed by atoms with van der Waals surface area (Å²) < 4.78 is 13.1. The molecular formula is C15H25FN2O. The lowest BCUT2D eigenvalue weighted by molar-refractivity contribution is 0.101. The highest BCUT2D eigenvalue weighted by Gasteiger charge is 2.27. The molecule has 0 aliphatic carbocycles. The first-order valence-electron chi connectivity index (χ1n) is 6.88. The van der Waals surface area contributed by atoms with Crippen molar-refractivity contribution in [3.8, 4) is 0 Å². The Morgan fingerprint density at radius 2 is 1.84 bits per heavy atom. The molecule has 0 radical (unpaired) electrons. The Hall–Kier alpha value is -0.970. The number of aliphatic hydroxyl groups is 1. The van der Waals surface area contributed by atoms with Gasteiger partial charge in [0, 0.05) is 18.6 Å². The number of aliphatic hydroxyl groups excluding tert-OH is 1. The van der Waals surface area contributed by atoms with Crippen LogP contribution in [0.4, 0.5) is 4.39 Å². The van der Waals surface area contributed by atoms with Crippen molar-refractivity contribution in [2.75, 3.05) is 13.2 Å². The first-order chi connectivity index (χ1) is 9.01. The van der Waals surface area contributed by atoms with E-state index in [4.69, 9.17) is 5.73 Å². The minimum atomic E-state index is -0.245. The fourth-order valence-corrected chi connectivity index (χ4v) is 2.40. The Balaban J connectivity index is 3.08. The monoisotopic (exact) mass is 268 g/mol. The molecule has 0 saturated carbocycles. The van der Waals surface area contributed by atoms with Crippen molar-refractivity contribution in [1.82, 2.24) is 4.90 Å². The molecule has 1 aromatic rings.